The van der Waals surface area contributed by atoms with Gasteiger partial charge in [0, 0.05) is 55.6 Å². The molecular weight excluding hydrogens is 635 g/mol. The highest BCUT2D eigenvalue weighted by molar-refractivity contribution is 6.25. The lowest BCUT2D eigenvalue weighted by Crippen LogP contribution is -2.13. The molecule has 1 atom stereocenters. The maximum Gasteiger partial charge on any atom is 0.144 e. The summed E-state index contributed by atoms with van der Waals surface area (Å²) in [5.41, 5.74) is 14.3. The number of benzene rings is 7. The van der Waals surface area contributed by atoms with Gasteiger partial charge in [0.25, 0.3) is 0 Å². The van der Waals surface area contributed by atoms with E-state index in [9.17, 15) is 0 Å². The van der Waals surface area contributed by atoms with Crippen LogP contribution < -0.4 is 4.74 Å². The van der Waals surface area contributed by atoms with E-state index in [1.807, 2.05) is 12.1 Å². The Bertz CT molecular complexity index is 2950. The van der Waals surface area contributed by atoms with Crippen LogP contribution in [0.4, 0.5) is 0 Å². The SMILES string of the molecule is C1=C(c2ccccc2)C=C2c3cccc(-c4cccc(-c5ccc6oc7c(ccc8c(-c9ccccc9)nc9ccccc9c87)c6c5)c4)c3OC2C1. The molecular formula is C49H31NO2. The van der Waals surface area contributed by atoms with Crippen LogP contribution in [0.15, 0.2) is 174 Å². The number of furan rings is 1. The first-order chi connectivity index (χ1) is 25.8. The Morgan fingerprint density at radius 1 is 0.519 bits per heavy atom. The van der Waals surface area contributed by atoms with Crippen molar-refractivity contribution < 1.29 is 9.15 Å². The van der Waals surface area contributed by atoms with Gasteiger partial charge < -0.3 is 9.15 Å². The summed E-state index contributed by atoms with van der Waals surface area (Å²) >= 11 is 0. The summed E-state index contributed by atoms with van der Waals surface area (Å²) in [4.78, 5) is 5.12. The Morgan fingerprint density at radius 2 is 1.23 bits per heavy atom. The van der Waals surface area contributed by atoms with Gasteiger partial charge in [0.05, 0.1) is 11.2 Å². The molecule has 1 aliphatic carbocycles. The molecule has 2 aliphatic rings. The van der Waals surface area contributed by atoms with E-state index in [2.05, 4.69) is 158 Å². The molecule has 0 spiro atoms. The van der Waals surface area contributed by atoms with Gasteiger partial charge in [0.15, 0.2) is 0 Å². The van der Waals surface area contributed by atoms with Crippen molar-refractivity contribution in [2.75, 3.05) is 0 Å². The minimum Gasteiger partial charge on any atom is -0.484 e. The number of hydrogen-bond acceptors (Lipinski definition) is 3. The van der Waals surface area contributed by atoms with Gasteiger partial charge >= 0.3 is 0 Å². The van der Waals surface area contributed by atoms with Crippen LogP contribution in [0, 0.1) is 0 Å². The lowest BCUT2D eigenvalue weighted by molar-refractivity contribution is 0.280. The molecule has 3 heterocycles. The van der Waals surface area contributed by atoms with Crippen LogP contribution in [0.2, 0.25) is 0 Å². The fourth-order valence-corrected chi connectivity index (χ4v) is 8.27. The zero-order valence-electron chi connectivity index (χ0n) is 28.2. The summed E-state index contributed by atoms with van der Waals surface area (Å²) in [6, 6.07) is 55.7. The van der Waals surface area contributed by atoms with E-state index in [0.717, 1.165) is 89.3 Å². The van der Waals surface area contributed by atoms with Crippen LogP contribution in [0.25, 0.3) is 88.3 Å². The second kappa shape index (κ2) is 11.4. The minimum absolute atomic E-state index is 0.0383. The third-order valence-electron chi connectivity index (χ3n) is 10.8. The molecule has 0 saturated heterocycles. The minimum atomic E-state index is 0.0383. The molecule has 3 nitrogen and oxygen atoms in total. The van der Waals surface area contributed by atoms with Crippen LogP contribution in [-0.2, 0) is 0 Å². The molecule has 0 amide bonds. The molecule has 7 aromatic carbocycles. The second-order valence-electron chi connectivity index (χ2n) is 13.8. The highest BCUT2D eigenvalue weighted by Gasteiger charge is 2.32. The van der Waals surface area contributed by atoms with Gasteiger partial charge in [-0.15, -0.1) is 0 Å². The van der Waals surface area contributed by atoms with Gasteiger partial charge in [-0.25, -0.2) is 4.98 Å². The number of hydrogen-bond donors (Lipinski definition) is 0. The highest BCUT2D eigenvalue weighted by atomic mass is 16.5. The largest absolute Gasteiger partial charge is 0.484 e. The smallest absolute Gasteiger partial charge is 0.144 e. The first-order valence-corrected chi connectivity index (χ1v) is 17.9. The van der Waals surface area contributed by atoms with Crippen LogP contribution in [-0.4, -0.2) is 11.1 Å². The maximum atomic E-state index is 6.73. The molecule has 0 radical (unpaired) electrons. The maximum absolute atomic E-state index is 6.73. The molecule has 52 heavy (non-hydrogen) atoms. The van der Waals surface area contributed by atoms with E-state index in [4.69, 9.17) is 14.1 Å². The van der Waals surface area contributed by atoms with Crippen molar-refractivity contribution in [1.82, 2.24) is 4.98 Å². The van der Waals surface area contributed by atoms with Gasteiger partial charge in [-0.3, -0.25) is 0 Å². The fraction of sp³-hybridized carbons (Fsp3) is 0.0408. The van der Waals surface area contributed by atoms with Gasteiger partial charge in [0.1, 0.15) is 23.0 Å². The van der Waals surface area contributed by atoms with E-state index in [1.165, 1.54) is 22.3 Å². The average molecular weight is 666 g/mol. The summed E-state index contributed by atoms with van der Waals surface area (Å²) in [7, 11) is 0. The Kier molecular flexibility index (Phi) is 6.38. The first kappa shape index (κ1) is 29.1. The summed E-state index contributed by atoms with van der Waals surface area (Å²) in [6.45, 7) is 0. The van der Waals surface area contributed by atoms with Crippen LogP contribution in [0.3, 0.4) is 0 Å². The number of allylic oxidation sites excluding steroid dienone is 2. The van der Waals surface area contributed by atoms with Crippen molar-refractivity contribution in [3.63, 3.8) is 0 Å². The number of para-hydroxylation sites is 2. The zero-order chi connectivity index (χ0) is 34.2. The molecule has 0 N–H and O–H groups in total. The molecule has 3 heteroatoms. The van der Waals surface area contributed by atoms with Gasteiger partial charge in [-0.2, -0.15) is 0 Å². The van der Waals surface area contributed by atoms with Gasteiger partial charge in [-0.1, -0.05) is 133 Å². The molecule has 0 bridgehead atoms. The van der Waals surface area contributed by atoms with Crippen molar-refractivity contribution in [2.24, 2.45) is 0 Å². The first-order valence-electron chi connectivity index (χ1n) is 17.9. The number of nitrogens with zero attached hydrogens (tertiary/aromatic N) is 1. The standard InChI is InChI=1S/C49H31NO2/c1-3-11-30(12-4-1)33-21-25-44-41(28-33)37-19-10-18-36(48(37)51-44)35-16-9-15-32(27-35)34-22-26-45-42(29-34)38-23-24-40-46(49(38)52-45)39-17-7-8-20-43(39)50-47(40)31-13-5-2-6-14-31/h1-24,26-29,44H,25H2. The van der Waals surface area contributed by atoms with E-state index in [0.29, 0.717) is 0 Å². The number of pyridine rings is 1. The topological polar surface area (TPSA) is 35.3 Å². The van der Waals surface area contributed by atoms with E-state index >= 15 is 0 Å². The predicted octanol–water partition coefficient (Wildman–Crippen LogP) is 12.9. The average Bonchev–Trinajstić information content (AvgIpc) is 3.79. The van der Waals surface area contributed by atoms with Crippen LogP contribution in [0.1, 0.15) is 17.5 Å². The van der Waals surface area contributed by atoms with Gasteiger partial charge in [-0.05, 0) is 64.2 Å². The van der Waals surface area contributed by atoms with E-state index in [1.54, 1.807) is 0 Å². The summed E-state index contributed by atoms with van der Waals surface area (Å²) in [5, 5.41) is 5.48. The lowest BCUT2D eigenvalue weighted by Gasteiger charge is -2.17. The lowest BCUT2D eigenvalue weighted by atomic mass is 9.89. The number of aromatic nitrogens is 1. The third kappa shape index (κ3) is 4.49. The van der Waals surface area contributed by atoms with Crippen molar-refractivity contribution in [3.8, 4) is 39.3 Å². The van der Waals surface area contributed by atoms with Crippen molar-refractivity contribution in [1.29, 1.82) is 0 Å². The Balaban J connectivity index is 1.02. The molecule has 2 aromatic heterocycles. The van der Waals surface area contributed by atoms with Crippen LogP contribution >= 0.6 is 0 Å². The number of ether oxygens (including phenoxy) is 1. The van der Waals surface area contributed by atoms with E-state index < -0.39 is 0 Å². The molecule has 1 unspecified atom stereocenters. The third-order valence-corrected chi connectivity index (χ3v) is 10.8. The zero-order valence-corrected chi connectivity index (χ0v) is 28.2. The van der Waals surface area contributed by atoms with Gasteiger partial charge in [0.2, 0.25) is 0 Å². The molecule has 0 fully saturated rings. The number of fused-ring (bicyclic) bond motifs is 10. The van der Waals surface area contributed by atoms with Crippen molar-refractivity contribution in [3.05, 3.63) is 181 Å². The normalized spacial score (nSPS) is 15.0. The highest BCUT2D eigenvalue weighted by Crippen LogP contribution is 2.48. The van der Waals surface area contributed by atoms with Crippen LogP contribution in [0.5, 0.6) is 5.75 Å². The predicted molar refractivity (Wildman–Crippen MR) is 214 cm³/mol. The Labute approximate surface area is 300 Å². The summed E-state index contributed by atoms with van der Waals surface area (Å²) in [5.74, 6) is 0.971. The summed E-state index contributed by atoms with van der Waals surface area (Å²) < 4.78 is 13.4. The number of rotatable bonds is 4. The van der Waals surface area contributed by atoms with Crippen molar-refractivity contribution in [2.45, 2.75) is 12.5 Å². The molecule has 1 aliphatic heterocycles. The monoisotopic (exact) mass is 665 g/mol. The molecule has 11 rings (SSSR count). The van der Waals surface area contributed by atoms with Crippen molar-refractivity contribution >= 4 is 54.8 Å². The molecule has 0 saturated carbocycles. The Morgan fingerprint density at radius 3 is 2.12 bits per heavy atom. The second-order valence-corrected chi connectivity index (χ2v) is 13.8. The van der Waals surface area contributed by atoms with E-state index in [-0.39, 0.29) is 6.10 Å². The molecule has 9 aromatic rings. The molecule has 244 valence electrons. The summed E-state index contributed by atoms with van der Waals surface area (Å²) in [6.07, 6.45) is 5.51. The quantitative estimate of drug-likeness (QED) is 0.176. The Hall–Kier alpha value is -6.71. The fourth-order valence-electron chi connectivity index (χ4n) is 8.27.